The van der Waals surface area contributed by atoms with Gasteiger partial charge in [0.05, 0.1) is 16.6 Å². The number of benzene rings is 1. The first-order valence-electron chi connectivity index (χ1n) is 6.38. The summed E-state index contributed by atoms with van der Waals surface area (Å²) in [5, 5.41) is 6.57. The zero-order valence-corrected chi connectivity index (χ0v) is 13.4. The zero-order chi connectivity index (χ0) is 16.3. The maximum atomic E-state index is 12.0. The van der Waals surface area contributed by atoms with Crippen LogP contribution in [-0.2, 0) is 0 Å². The van der Waals surface area contributed by atoms with E-state index in [1.165, 1.54) is 4.90 Å². The van der Waals surface area contributed by atoms with Gasteiger partial charge in [0.1, 0.15) is 11.9 Å². The minimum absolute atomic E-state index is 0.0470. The molecule has 1 aromatic carbocycles. The van der Waals surface area contributed by atoms with Crippen LogP contribution in [0.1, 0.15) is 17.5 Å². The second-order valence-corrected chi connectivity index (χ2v) is 5.53. The van der Waals surface area contributed by atoms with E-state index < -0.39 is 11.6 Å². The standard InChI is InChI=1S/C13H14Cl2N4O3/c1-7(22-8-3-4-9(14)10(15)5-8)6-19(2)12(20)11-16-13(21)18-17-11/h3-5,7H,6H2,1-2H3,(H2,16,17,18,21)/t7-/m1/s1. The second-order valence-electron chi connectivity index (χ2n) is 4.72. The highest BCUT2D eigenvalue weighted by Crippen LogP contribution is 2.26. The molecule has 0 saturated heterocycles. The third kappa shape index (κ3) is 4.02. The SMILES string of the molecule is C[C@H](CN(C)C(=O)c1n[nH]c(=O)[nH]1)Oc1ccc(Cl)c(Cl)c1. The van der Waals surface area contributed by atoms with Crippen LogP contribution in [0.3, 0.4) is 0 Å². The first kappa shape index (κ1) is 16.4. The van der Waals surface area contributed by atoms with Gasteiger partial charge in [-0.1, -0.05) is 23.2 Å². The Morgan fingerprint density at radius 1 is 1.41 bits per heavy atom. The van der Waals surface area contributed by atoms with Crippen LogP contribution in [0, 0.1) is 0 Å². The summed E-state index contributed by atoms with van der Waals surface area (Å²) < 4.78 is 5.67. The highest BCUT2D eigenvalue weighted by molar-refractivity contribution is 6.42. The Balaban J connectivity index is 1.96. The van der Waals surface area contributed by atoms with Gasteiger partial charge in [0.2, 0.25) is 5.82 Å². The lowest BCUT2D eigenvalue weighted by Crippen LogP contribution is -2.36. The Morgan fingerprint density at radius 2 is 2.14 bits per heavy atom. The fourth-order valence-corrected chi connectivity index (χ4v) is 2.13. The van der Waals surface area contributed by atoms with Gasteiger partial charge in [0.25, 0.3) is 5.91 Å². The quantitative estimate of drug-likeness (QED) is 0.866. The van der Waals surface area contributed by atoms with Crippen molar-refractivity contribution in [3.8, 4) is 5.75 Å². The van der Waals surface area contributed by atoms with Gasteiger partial charge < -0.3 is 9.64 Å². The highest BCUT2D eigenvalue weighted by Gasteiger charge is 2.18. The average molecular weight is 345 g/mol. The van der Waals surface area contributed by atoms with E-state index in [1.807, 2.05) is 0 Å². The van der Waals surface area contributed by atoms with Crippen molar-refractivity contribution >= 4 is 29.1 Å². The van der Waals surface area contributed by atoms with Crippen molar-refractivity contribution in [1.82, 2.24) is 20.1 Å². The summed E-state index contributed by atoms with van der Waals surface area (Å²) >= 11 is 11.7. The van der Waals surface area contributed by atoms with Crippen LogP contribution < -0.4 is 10.4 Å². The van der Waals surface area contributed by atoms with E-state index >= 15 is 0 Å². The van der Waals surface area contributed by atoms with Gasteiger partial charge in [-0.3, -0.25) is 9.78 Å². The van der Waals surface area contributed by atoms with Crippen LogP contribution >= 0.6 is 23.2 Å². The maximum absolute atomic E-state index is 12.0. The van der Waals surface area contributed by atoms with Crippen LogP contribution in [0.5, 0.6) is 5.75 Å². The van der Waals surface area contributed by atoms with Crippen molar-refractivity contribution in [2.24, 2.45) is 0 Å². The molecule has 22 heavy (non-hydrogen) atoms. The fourth-order valence-electron chi connectivity index (χ4n) is 1.84. The molecule has 0 fully saturated rings. The minimum Gasteiger partial charge on any atom is -0.489 e. The normalized spacial score (nSPS) is 12.0. The van der Waals surface area contributed by atoms with E-state index in [-0.39, 0.29) is 11.9 Å². The Labute approximate surface area is 136 Å². The van der Waals surface area contributed by atoms with Gasteiger partial charge >= 0.3 is 5.69 Å². The number of rotatable bonds is 5. The molecule has 0 radical (unpaired) electrons. The molecule has 118 valence electrons. The van der Waals surface area contributed by atoms with Crippen molar-refractivity contribution in [2.45, 2.75) is 13.0 Å². The Morgan fingerprint density at radius 3 is 2.73 bits per heavy atom. The molecular formula is C13H14Cl2N4O3. The first-order chi connectivity index (χ1) is 10.4. The average Bonchev–Trinajstić information content (AvgIpc) is 2.88. The summed E-state index contributed by atoms with van der Waals surface area (Å²) in [5.41, 5.74) is -0.531. The lowest BCUT2D eigenvalue weighted by atomic mass is 10.3. The van der Waals surface area contributed by atoms with Gasteiger partial charge in [-0.05, 0) is 19.1 Å². The number of nitrogens with one attached hydrogen (secondary N) is 2. The van der Waals surface area contributed by atoms with Crippen LogP contribution in [-0.4, -0.2) is 45.7 Å². The van der Waals surface area contributed by atoms with Crippen LogP contribution in [0.2, 0.25) is 10.0 Å². The van der Waals surface area contributed by atoms with E-state index in [4.69, 9.17) is 27.9 Å². The van der Waals surface area contributed by atoms with Crippen molar-refractivity contribution in [3.05, 3.63) is 44.6 Å². The van der Waals surface area contributed by atoms with E-state index in [0.717, 1.165) is 0 Å². The molecule has 0 unspecified atom stereocenters. The summed E-state index contributed by atoms with van der Waals surface area (Å²) in [4.78, 5) is 26.7. The predicted octanol–water partition coefficient (Wildman–Crippen LogP) is 1.94. The Bertz CT molecular complexity index is 728. The minimum atomic E-state index is -0.531. The number of nitrogens with zero attached hydrogens (tertiary/aromatic N) is 2. The van der Waals surface area contributed by atoms with Crippen molar-refractivity contribution in [2.75, 3.05) is 13.6 Å². The van der Waals surface area contributed by atoms with Gasteiger partial charge in [0, 0.05) is 13.1 Å². The number of likely N-dealkylation sites (N-methyl/N-ethyl adjacent to an activating group) is 1. The molecule has 2 N–H and O–H groups in total. The second kappa shape index (κ2) is 6.85. The third-order valence-corrected chi connectivity index (χ3v) is 3.55. The Hall–Kier alpha value is -1.99. The summed E-state index contributed by atoms with van der Waals surface area (Å²) in [6, 6.07) is 4.93. The van der Waals surface area contributed by atoms with E-state index in [1.54, 1.807) is 32.2 Å². The number of hydrogen-bond acceptors (Lipinski definition) is 4. The lowest BCUT2D eigenvalue weighted by molar-refractivity contribution is 0.0715. The number of halogens is 2. The number of aromatic amines is 2. The van der Waals surface area contributed by atoms with Gasteiger partial charge in [-0.15, -0.1) is 5.10 Å². The molecule has 2 rings (SSSR count). The summed E-state index contributed by atoms with van der Waals surface area (Å²) in [5.74, 6) is 0.0908. The van der Waals surface area contributed by atoms with Crippen LogP contribution in [0.4, 0.5) is 0 Å². The molecule has 0 aliphatic heterocycles. The van der Waals surface area contributed by atoms with Gasteiger partial charge in [0.15, 0.2) is 0 Å². The third-order valence-electron chi connectivity index (χ3n) is 2.81. The smallest absolute Gasteiger partial charge is 0.341 e. The predicted molar refractivity (Wildman–Crippen MR) is 82.7 cm³/mol. The molecule has 0 saturated carbocycles. The molecule has 0 aliphatic rings. The number of H-pyrrole nitrogens is 2. The number of aromatic nitrogens is 3. The first-order valence-corrected chi connectivity index (χ1v) is 7.14. The largest absolute Gasteiger partial charge is 0.489 e. The number of ether oxygens (including phenoxy) is 1. The molecule has 1 aromatic heterocycles. The molecule has 0 spiro atoms. The highest BCUT2D eigenvalue weighted by atomic mass is 35.5. The summed E-state index contributed by atoms with van der Waals surface area (Å²) in [6.45, 7) is 2.10. The molecule has 1 heterocycles. The topological polar surface area (TPSA) is 91.1 Å². The Kier molecular flexibility index (Phi) is 5.10. The van der Waals surface area contributed by atoms with E-state index in [9.17, 15) is 9.59 Å². The van der Waals surface area contributed by atoms with Crippen molar-refractivity contribution in [3.63, 3.8) is 0 Å². The lowest BCUT2D eigenvalue weighted by Gasteiger charge is -2.21. The van der Waals surface area contributed by atoms with Crippen molar-refractivity contribution < 1.29 is 9.53 Å². The van der Waals surface area contributed by atoms with Gasteiger partial charge in [-0.2, -0.15) is 0 Å². The van der Waals surface area contributed by atoms with Crippen molar-refractivity contribution in [1.29, 1.82) is 0 Å². The maximum Gasteiger partial charge on any atom is 0.341 e. The number of carbonyl (C=O) groups is 1. The molecule has 2 aromatic rings. The van der Waals surface area contributed by atoms with Crippen LogP contribution in [0.15, 0.2) is 23.0 Å². The fraction of sp³-hybridized carbons (Fsp3) is 0.308. The van der Waals surface area contributed by atoms with Gasteiger partial charge in [-0.25, -0.2) is 9.89 Å². The summed E-state index contributed by atoms with van der Waals surface area (Å²) in [6.07, 6.45) is -0.295. The zero-order valence-electron chi connectivity index (χ0n) is 11.9. The molecule has 1 atom stereocenters. The number of carbonyl (C=O) groups excluding carboxylic acids is 1. The van der Waals surface area contributed by atoms with E-state index in [0.29, 0.717) is 22.3 Å². The monoisotopic (exact) mass is 344 g/mol. The molecule has 1 amide bonds. The molecule has 7 nitrogen and oxygen atoms in total. The van der Waals surface area contributed by atoms with Crippen LogP contribution in [0.25, 0.3) is 0 Å². The molecule has 9 heteroatoms. The van der Waals surface area contributed by atoms with E-state index in [2.05, 4.69) is 15.2 Å². The number of hydrogen-bond donors (Lipinski definition) is 2. The number of amides is 1. The molecule has 0 aliphatic carbocycles. The molecule has 0 bridgehead atoms. The summed E-state index contributed by atoms with van der Waals surface area (Å²) in [7, 11) is 1.59. The molecular weight excluding hydrogens is 331 g/mol.